The van der Waals surface area contributed by atoms with Gasteiger partial charge in [0.1, 0.15) is 5.60 Å². The second-order valence-corrected chi connectivity index (χ2v) is 6.84. The molecule has 25 heavy (non-hydrogen) atoms. The summed E-state index contributed by atoms with van der Waals surface area (Å²) in [5.41, 5.74) is 0.386. The topological polar surface area (TPSA) is 85.3 Å². The Hall–Kier alpha value is -2.83. The second kappa shape index (κ2) is 7.83. The molecule has 7 nitrogen and oxygen atoms in total. The van der Waals surface area contributed by atoms with Crippen LogP contribution in [-0.2, 0) is 11.3 Å². The van der Waals surface area contributed by atoms with Crippen molar-refractivity contribution in [1.29, 1.82) is 0 Å². The van der Waals surface area contributed by atoms with Gasteiger partial charge in [0.05, 0.1) is 6.33 Å². The van der Waals surface area contributed by atoms with E-state index in [1.165, 1.54) is 0 Å². The molecule has 0 aliphatic heterocycles. The summed E-state index contributed by atoms with van der Waals surface area (Å²) in [6.45, 7) is 7.91. The van der Waals surface area contributed by atoms with Gasteiger partial charge in [0.2, 0.25) is 0 Å². The van der Waals surface area contributed by atoms with E-state index in [9.17, 15) is 9.59 Å². The van der Waals surface area contributed by atoms with Crippen molar-refractivity contribution in [3.8, 4) is 0 Å². The zero-order valence-electron chi connectivity index (χ0n) is 14.9. The highest BCUT2D eigenvalue weighted by Crippen LogP contribution is 2.14. The number of rotatable bonds is 5. The Morgan fingerprint density at radius 2 is 2.08 bits per heavy atom. The average molecular weight is 344 g/mol. The van der Waals surface area contributed by atoms with Crippen LogP contribution in [0.5, 0.6) is 0 Å². The first-order chi connectivity index (χ1) is 11.7. The lowest BCUT2D eigenvalue weighted by atomic mass is 10.1. The third kappa shape index (κ3) is 6.29. The van der Waals surface area contributed by atoms with Crippen LogP contribution in [0.4, 0.5) is 10.5 Å². The summed E-state index contributed by atoms with van der Waals surface area (Å²) in [7, 11) is 0. The molecule has 1 unspecified atom stereocenters. The minimum absolute atomic E-state index is 0.0656. The second-order valence-electron chi connectivity index (χ2n) is 6.84. The van der Waals surface area contributed by atoms with Gasteiger partial charge in [0.15, 0.2) is 0 Å². The van der Waals surface area contributed by atoms with Crippen LogP contribution in [0.15, 0.2) is 43.0 Å². The van der Waals surface area contributed by atoms with E-state index >= 15 is 0 Å². The Kier molecular flexibility index (Phi) is 5.80. The van der Waals surface area contributed by atoms with Crippen molar-refractivity contribution in [3.63, 3.8) is 0 Å². The first-order valence-electron chi connectivity index (χ1n) is 8.09. The van der Waals surface area contributed by atoms with Crippen LogP contribution < -0.4 is 10.6 Å². The van der Waals surface area contributed by atoms with Gasteiger partial charge < -0.3 is 14.6 Å². The Morgan fingerprint density at radius 3 is 2.72 bits per heavy atom. The number of hydrogen-bond donors (Lipinski definition) is 2. The van der Waals surface area contributed by atoms with Gasteiger partial charge in [-0.15, -0.1) is 0 Å². The number of nitrogens with one attached hydrogen (secondary N) is 2. The van der Waals surface area contributed by atoms with Crippen LogP contribution in [-0.4, -0.2) is 33.2 Å². The largest absolute Gasteiger partial charge is 0.444 e. The molecule has 0 spiro atoms. The van der Waals surface area contributed by atoms with E-state index in [-0.39, 0.29) is 11.9 Å². The quantitative estimate of drug-likeness (QED) is 0.873. The summed E-state index contributed by atoms with van der Waals surface area (Å²) in [5, 5.41) is 5.55. The molecule has 134 valence electrons. The Morgan fingerprint density at radius 1 is 1.32 bits per heavy atom. The van der Waals surface area contributed by atoms with Crippen molar-refractivity contribution in [2.45, 2.75) is 45.9 Å². The van der Waals surface area contributed by atoms with Crippen LogP contribution in [0.1, 0.15) is 38.1 Å². The van der Waals surface area contributed by atoms with Gasteiger partial charge in [0, 0.05) is 36.2 Å². The van der Waals surface area contributed by atoms with E-state index in [1.54, 1.807) is 57.6 Å². The number of benzene rings is 1. The SMILES string of the molecule is CC(Cn1ccnc1)NC(=O)c1cccc(NC(=O)OC(C)(C)C)c1. The van der Waals surface area contributed by atoms with Crippen molar-refractivity contribution >= 4 is 17.7 Å². The fraction of sp³-hybridized carbons (Fsp3) is 0.389. The zero-order valence-corrected chi connectivity index (χ0v) is 14.9. The maximum atomic E-state index is 12.4. The predicted octanol–water partition coefficient (Wildman–Crippen LogP) is 3.05. The average Bonchev–Trinajstić information content (AvgIpc) is 2.98. The molecule has 7 heteroatoms. The molecule has 0 aliphatic carbocycles. The summed E-state index contributed by atoms with van der Waals surface area (Å²) in [5.74, 6) is -0.208. The van der Waals surface area contributed by atoms with E-state index < -0.39 is 11.7 Å². The van der Waals surface area contributed by atoms with Gasteiger partial charge in [-0.05, 0) is 45.9 Å². The van der Waals surface area contributed by atoms with Crippen molar-refractivity contribution < 1.29 is 14.3 Å². The zero-order chi connectivity index (χ0) is 18.4. The fourth-order valence-electron chi connectivity index (χ4n) is 2.22. The lowest BCUT2D eigenvalue weighted by Gasteiger charge is -2.20. The van der Waals surface area contributed by atoms with Gasteiger partial charge in [-0.3, -0.25) is 10.1 Å². The van der Waals surface area contributed by atoms with Crippen molar-refractivity contribution in [1.82, 2.24) is 14.9 Å². The predicted molar refractivity (Wildman–Crippen MR) is 95.5 cm³/mol. The molecule has 1 atom stereocenters. The van der Waals surface area contributed by atoms with Crippen LogP contribution in [0.3, 0.4) is 0 Å². The van der Waals surface area contributed by atoms with Gasteiger partial charge in [0.25, 0.3) is 5.91 Å². The Labute approximate surface area is 147 Å². The molecule has 0 bridgehead atoms. The molecule has 2 rings (SSSR count). The molecule has 0 saturated heterocycles. The van der Waals surface area contributed by atoms with Crippen molar-refractivity contribution in [2.24, 2.45) is 0 Å². The monoisotopic (exact) mass is 344 g/mol. The number of nitrogens with zero attached hydrogens (tertiary/aromatic N) is 2. The summed E-state index contributed by atoms with van der Waals surface area (Å²) >= 11 is 0. The summed E-state index contributed by atoms with van der Waals surface area (Å²) in [6, 6.07) is 6.66. The number of amides is 2. The normalized spacial score (nSPS) is 12.3. The lowest BCUT2D eigenvalue weighted by molar-refractivity contribution is 0.0635. The lowest BCUT2D eigenvalue weighted by Crippen LogP contribution is -2.35. The first kappa shape index (κ1) is 18.5. The highest BCUT2D eigenvalue weighted by molar-refractivity contribution is 5.96. The third-order valence-corrected chi connectivity index (χ3v) is 3.19. The van der Waals surface area contributed by atoms with Crippen molar-refractivity contribution in [2.75, 3.05) is 5.32 Å². The molecule has 2 aromatic rings. The number of hydrogen-bond acceptors (Lipinski definition) is 4. The van der Waals surface area contributed by atoms with Crippen molar-refractivity contribution in [3.05, 3.63) is 48.5 Å². The number of ether oxygens (including phenoxy) is 1. The number of aromatic nitrogens is 2. The molecule has 0 fully saturated rings. The number of carbonyl (C=O) groups is 2. The van der Waals surface area contributed by atoms with Crippen LogP contribution >= 0.6 is 0 Å². The molecule has 2 N–H and O–H groups in total. The number of anilines is 1. The van der Waals surface area contributed by atoms with Gasteiger partial charge >= 0.3 is 6.09 Å². The van der Waals surface area contributed by atoms with Gasteiger partial charge in [-0.2, -0.15) is 0 Å². The first-order valence-corrected chi connectivity index (χ1v) is 8.09. The highest BCUT2D eigenvalue weighted by Gasteiger charge is 2.17. The van der Waals surface area contributed by atoms with E-state index in [0.29, 0.717) is 17.8 Å². The molecule has 1 aromatic carbocycles. The number of imidazole rings is 1. The standard InChI is InChI=1S/C18H24N4O3/c1-13(11-22-9-8-19-12-22)20-16(23)14-6-5-7-15(10-14)21-17(24)25-18(2,3)4/h5-10,12-13H,11H2,1-4H3,(H,20,23)(H,21,24). The molecule has 0 aliphatic rings. The van der Waals surface area contributed by atoms with Gasteiger partial charge in [-0.1, -0.05) is 6.07 Å². The van der Waals surface area contributed by atoms with Crippen LogP contribution in [0.25, 0.3) is 0 Å². The Balaban J connectivity index is 1.95. The minimum atomic E-state index is -0.582. The summed E-state index contributed by atoms with van der Waals surface area (Å²) in [4.78, 5) is 28.2. The van der Waals surface area contributed by atoms with E-state index in [0.717, 1.165) is 0 Å². The van der Waals surface area contributed by atoms with Gasteiger partial charge in [-0.25, -0.2) is 9.78 Å². The van der Waals surface area contributed by atoms with Crippen LogP contribution in [0.2, 0.25) is 0 Å². The molecular weight excluding hydrogens is 320 g/mol. The third-order valence-electron chi connectivity index (χ3n) is 3.19. The maximum absolute atomic E-state index is 12.4. The Bertz CT molecular complexity index is 720. The van der Waals surface area contributed by atoms with E-state index in [2.05, 4.69) is 15.6 Å². The minimum Gasteiger partial charge on any atom is -0.444 e. The molecular formula is C18H24N4O3. The molecule has 1 aromatic heterocycles. The van der Waals surface area contributed by atoms with E-state index in [4.69, 9.17) is 4.74 Å². The fourth-order valence-corrected chi connectivity index (χ4v) is 2.22. The number of carbonyl (C=O) groups excluding carboxylic acids is 2. The molecule has 0 radical (unpaired) electrons. The highest BCUT2D eigenvalue weighted by atomic mass is 16.6. The molecule has 0 saturated carbocycles. The molecule has 1 heterocycles. The summed E-state index contributed by atoms with van der Waals surface area (Å²) in [6.07, 6.45) is 4.68. The smallest absolute Gasteiger partial charge is 0.412 e. The summed E-state index contributed by atoms with van der Waals surface area (Å²) < 4.78 is 7.10. The molecule has 2 amide bonds. The maximum Gasteiger partial charge on any atom is 0.412 e. The van der Waals surface area contributed by atoms with Crippen LogP contribution in [0, 0.1) is 0 Å². The van der Waals surface area contributed by atoms with E-state index in [1.807, 2.05) is 17.7 Å².